The third-order valence-electron chi connectivity index (χ3n) is 3.90. The minimum Gasteiger partial charge on any atom is -0.462 e. The molecule has 0 aromatic carbocycles. The van der Waals surface area contributed by atoms with E-state index in [9.17, 15) is 9.59 Å². The number of hydrogen-bond donors (Lipinski definition) is 1. The SMILES string of the molecule is C=CC(=O)OCCCNC(=O)CCCC(CCC)C1CCSS1. The van der Waals surface area contributed by atoms with E-state index >= 15 is 0 Å². The van der Waals surface area contributed by atoms with Crippen molar-refractivity contribution in [3.05, 3.63) is 12.7 Å². The smallest absolute Gasteiger partial charge is 0.330 e. The molecule has 0 saturated carbocycles. The van der Waals surface area contributed by atoms with E-state index in [0.717, 1.165) is 30.1 Å². The Hall–Kier alpha value is -0.620. The molecule has 2 unspecified atom stereocenters. The standard InChI is InChI=1S/C17H29NO3S2/c1-3-7-14(15-10-13-22-23-15)8-5-9-16(19)18-11-6-12-21-17(20)4-2/h4,14-15H,2-3,5-13H2,1H3,(H,18,19). The molecule has 2 atom stereocenters. The fraction of sp³-hybridized carbons (Fsp3) is 0.765. The van der Waals surface area contributed by atoms with Crippen LogP contribution in [-0.4, -0.2) is 36.0 Å². The Balaban J connectivity index is 2.07. The average Bonchev–Trinajstić information content (AvgIpc) is 3.07. The van der Waals surface area contributed by atoms with Crippen molar-refractivity contribution in [2.24, 2.45) is 5.92 Å². The lowest BCUT2D eigenvalue weighted by molar-refractivity contribution is -0.137. The third kappa shape index (κ3) is 9.30. The van der Waals surface area contributed by atoms with Crippen molar-refractivity contribution in [3.63, 3.8) is 0 Å². The Bertz CT molecular complexity index is 371. The van der Waals surface area contributed by atoms with Gasteiger partial charge in [0.25, 0.3) is 0 Å². The largest absolute Gasteiger partial charge is 0.462 e. The summed E-state index contributed by atoms with van der Waals surface area (Å²) in [5.41, 5.74) is 0. The lowest BCUT2D eigenvalue weighted by Gasteiger charge is -2.21. The molecule has 1 saturated heterocycles. The summed E-state index contributed by atoms with van der Waals surface area (Å²) in [6.45, 7) is 6.44. The van der Waals surface area contributed by atoms with Gasteiger partial charge >= 0.3 is 5.97 Å². The Morgan fingerprint density at radius 1 is 1.39 bits per heavy atom. The predicted octanol–water partition coefficient (Wildman–Crippen LogP) is 3.96. The summed E-state index contributed by atoms with van der Waals surface area (Å²) in [4.78, 5) is 22.7. The second kappa shape index (κ2) is 12.8. The predicted molar refractivity (Wildman–Crippen MR) is 99.5 cm³/mol. The number of carbonyl (C=O) groups is 2. The molecule has 1 N–H and O–H groups in total. The van der Waals surface area contributed by atoms with Crippen LogP contribution < -0.4 is 5.32 Å². The van der Waals surface area contributed by atoms with Crippen molar-refractivity contribution in [1.29, 1.82) is 0 Å². The fourth-order valence-corrected chi connectivity index (χ4v) is 5.97. The van der Waals surface area contributed by atoms with Crippen LogP contribution in [0.3, 0.4) is 0 Å². The van der Waals surface area contributed by atoms with Gasteiger partial charge in [-0.1, -0.05) is 41.5 Å². The Labute approximate surface area is 148 Å². The lowest BCUT2D eigenvalue weighted by atomic mass is 9.92. The highest BCUT2D eigenvalue weighted by Gasteiger charge is 2.25. The monoisotopic (exact) mass is 359 g/mol. The quantitative estimate of drug-likeness (QED) is 0.247. The summed E-state index contributed by atoms with van der Waals surface area (Å²) in [6.07, 6.45) is 8.30. The minimum atomic E-state index is -0.416. The Morgan fingerprint density at radius 2 is 2.22 bits per heavy atom. The van der Waals surface area contributed by atoms with E-state index in [-0.39, 0.29) is 5.91 Å². The molecule has 0 bridgehead atoms. The maximum atomic E-state index is 11.8. The molecule has 1 aliphatic rings. The highest BCUT2D eigenvalue weighted by atomic mass is 33.1. The number of rotatable bonds is 12. The Kier molecular flexibility index (Phi) is 11.3. The van der Waals surface area contributed by atoms with Crippen molar-refractivity contribution >= 4 is 33.5 Å². The molecular formula is C17H29NO3S2. The van der Waals surface area contributed by atoms with E-state index in [1.54, 1.807) is 0 Å². The van der Waals surface area contributed by atoms with Gasteiger partial charge in [0.2, 0.25) is 5.91 Å². The molecule has 132 valence electrons. The maximum absolute atomic E-state index is 11.8. The van der Waals surface area contributed by atoms with E-state index in [1.807, 2.05) is 21.6 Å². The van der Waals surface area contributed by atoms with Crippen LogP contribution in [-0.2, 0) is 14.3 Å². The van der Waals surface area contributed by atoms with E-state index in [4.69, 9.17) is 4.74 Å². The van der Waals surface area contributed by atoms with Gasteiger partial charge in [0.15, 0.2) is 0 Å². The number of ether oxygens (including phenoxy) is 1. The second-order valence-corrected chi connectivity index (χ2v) is 8.49. The van der Waals surface area contributed by atoms with Crippen LogP contribution in [0.15, 0.2) is 12.7 Å². The summed E-state index contributed by atoms with van der Waals surface area (Å²) in [6, 6.07) is 0. The van der Waals surface area contributed by atoms with Gasteiger partial charge in [-0.25, -0.2) is 4.79 Å². The first-order valence-electron chi connectivity index (χ1n) is 8.51. The molecule has 0 spiro atoms. The summed E-state index contributed by atoms with van der Waals surface area (Å²) < 4.78 is 4.86. The lowest BCUT2D eigenvalue weighted by Crippen LogP contribution is -2.25. The van der Waals surface area contributed by atoms with Gasteiger partial charge in [-0.3, -0.25) is 4.79 Å². The number of amides is 1. The van der Waals surface area contributed by atoms with Gasteiger partial charge in [-0.15, -0.1) is 0 Å². The van der Waals surface area contributed by atoms with Crippen LogP contribution in [0.5, 0.6) is 0 Å². The van der Waals surface area contributed by atoms with Crippen molar-refractivity contribution in [2.75, 3.05) is 18.9 Å². The molecule has 1 amide bonds. The summed E-state index contributed by atoms with van der Waals surface area (Å²) in [5.74, 6) is 1.71. The van der Waals surface area contributed by atoms with E-state index in [0.29, 0.717) is 26.0 Å². The van der Waals surface area contributed by atoms with E-state index in [1.165, 1.54) is 25.0 Å². The molecule has 0 radical (unpaired) electrons. The third-order valence-corrected chi connectivity index (χ3v) is 6.95. The van der Waals surface area contributed by atoms with Crippen LogP contribution in [0.2, 0.25) is 0 Å². The molecule has 0 aliphatic carbocycles. The van der Waals surface area contributed by atoms with E-state index < -0.39 is 5.97 Å². The van der Waals surface area contributed by atoms with Crippen molar-refractivity contribution in [3.8, 4) is 0 Å². The van der Waals surface area contributed by atoms with Crippen LogP contribution >= 0.6 is 21.6 Å². The minimum absolute atomic E-state index is 0.101. The van der Waals surface area contributed by atoms with Gasteiger partial charge in [0.05, 0.1) is 6.61 Å². The Morgan fingerprint density at radius 3 is 2.87 bits per heavy atom. The number of carbonyl (C=O) groups excluding carboxylic acids is 2. The molecular weight excluding hydrogens is 330 g/mol. The van der Waals surface area contributed by atoms with Crippen LogP contribution in [0.4, 0.5) is 0 Å². The zero-order valence-corrected chi connectivity index (χ0v) is 15.7. The zero-order chi connectivity index (χ0) is 16.9. The summed E-state index contributed by atoms with van der Waals surface area (Å²) >= 11 is 0. The molecule has 1 fully saturated rings. The van der Waals surface area contributed by atoms with Gasteiger partial charge in [0, 0.05) is 30.0 Å². The van der Waals surface area contributed by atoms with E-state index in [2.05, 4.69) is 18.8 Å². The molecule has 1 aliphatic heterocycles. The van der Waals surface area contributed by atoms with Gasteiger partial charge < -0.3 is 10.1 Å². The maximum Gasteiger partial charge on any atom is 0.330 e. The van der Waals surface area contributed by atoms with Crippen molar-refractivity contribution in [1.82, 2.24) is 5.32 Å². The number of hydrogen-bond acceptors (Lipinski definition) is 5. The summed E-state index contributed by atoms with van der Waals surface area (Å²) in [7, 11) is 4.03. The van der Waals surface area contributed by atoms with Crippen molar-refractivity contribution in [2.45, 2.75) is 57.1 Å². The molecule has 0 aromatic heterocycles. The first-order valence-corrected chi connectivity index (χ1v) is 10.9. The average molecular weight is 360 g/mol. The fourth-order valence-electron chi connectivity index (χ4n) is 2.69. The molecule has 6 heteroatoms. The molecule has 1 rings (SSSR count). The first-order chi connectivity index (χ1) is 11.2. The first kappa shape index (κ1) is 20.4. The van der Waals surface area contributed by atoms with Gasteiger partial charge in [-0.2, -0.15) is 0 Å². The summed E-state index contributed by atoms with van der Waals surface area (Å²) in [5, 5.41) is 3.66. The highest BCUT2D eigenvalue weighted by molar-refractivity contribution is 8.77. The zero-order valence-electron chi connectivity index (χ0n) is 14.1. The van der Waals surface area contributed by atoms with Gasteiger partial charge in [-0.05, 0) is 38.0 Å². The van der Waals surface area contributed by atoms with Crippen molar-refractivity contribution < 1.29 is 14.3 Å². The highest BCUT2D eigenvalue weighted by Crippen LogP contribution is 2.43. The van der Waals surface area contributed by atoms with Crippen LogP contribution in [0, 0.1) is 5.92 Å². The topological polar surface area (TPSA) is 55.4 Å². The molecule has 4 nitrogen and oxygen atoms in total. The van der Waals surface area contributed by atoms with Gasteiger partial charge in [0.1, 0.15) is 0 Å². The molecule has 0 aromatic rings. The molecule has 1 heterocycles. The normalized spacial score (nSPS) is 18.4. The molecule has 23 heavy (non-hydrogen) atoms. The number of esters is 1. The number of nitrogens with one attached hydrogen (secondary N) is 1. The van der Waals surface area contributed by atoms with Crippen LogP contribution in [0.25, 0.3) is 0 Å². The second-order valence-electron chi connectivity index (χ2n) is 5.76. The van der Waals surface area contributed by atoms with Crippen LogP contribution in [0.1, 0.15) is 51.9 Å².